The molecule has 0 aliphatic carbocycles. The Morgan fingerprint density at radius 1 is 1.14 bits per heavy atom. The summed E-state index contributed by atoms with van der Waals surface area (Å²) < 4.78 is 82.5. The highest BCUT2D eigenvalue weighted by Crippen LogP contribution is 2.39. The molecule has 0 aliphatic heterocycles. The molecule has 0 spiro atoms. The summed E-state index contributed by atoms with van der Waals surface area (Å²) in [5.41, 5.74) is -1.19. The van der Waals surface area contributed by atoms with Crippen molar-refractivity contribution in [1.29, 1.82) is 0 Å². The van der Waals surface area contributed by atoms with E-state index in [-0.39, 0.29) is 22.3 Å². The molecule has 0 bridgehead atoms. The second-order valence-corrected chi connectivity index (χ2v) is 7.03. The molecule has 148 valence electrons. The summed E-state index contributed by atoms with van der Waals surface area (Å²) in [6.45, 7) is 0. The predicted molar refractivity (Wildman–Crippen MR) is 88.6 cm³/mol. The zero-order valence-corrected chi connectivity index (χ0v) is 14.3. The normalized spacial score (nSPS) is 12.3. The van der Waals surface area contributed by atoms with Gasteiger partial charge in [0.05, 0.1) is 5.69 Å². The van der Waals surface area contributed by atoms with Gasteiger partial charge in [0.1, 0.15) is 22.7 Å². The van der Waals surface area contributed by atoms with Crippen LogP contribution >= 0.6 is 0 Å². The third-order valence-corrected chi connectivity index (χ3v) is 4.59. The summed E-state index contributed by atoms with van der Waals surface area (Å²) in [4.78, 5) is 11.7. The van der Waals surface area contributed by atoms with E-state index in [1.807, 2.05) is 0 Å². The van der Waals surface area contributed by atoms with Crippen molar-refractivity contribution in [2.75, 3.05) is 5.73 Å². The van der Waals surface area contributed by atoms with E-state index in [1.54, 1.807) is 0 Å². The number of nitrogen functional groups attached to an aromatic ring is 1. The topological polar surface area (TPSA) is 120 Å². The molecule has 0 amide bonds. The van der Waals surface area contributed by atoms with Gasteiger partial charge < -0.3 is 19.4 Å². The fraction of sp³-hybridized carbons (Fsp3) is 0.0625. The van der Waals surface area contributed by atoms with Crippen LogP contribution in [0, 0.1) is 5.82 Å². The highest BCUT2D eigenvalue weighted by Gasteiger charge is 2.48. The van der Waals surface area contributed by atoms with Crippen LogP contribution in [0.15, 0.2) is 40.8 Å². The van der Waals surface area contributed by atoms with Crippen LogP contribution in [0.4, 0.5) is 23.2 Å². The van der Waals surface area contributed by atoms with Gasteiger partial charge in [0.25, 0.3) is 0 Å². The summed E-state index contributed by atoms with van der Waals surface area (Å²) >= 11 is 0. The summed E-state index contributed by atoms with van der Waals surface area (Å²) in [6, 6.07) is 6.20. The molecule has 28 heavy (non-hydrogen) atoms. The number of benzene rings is 2. The Labute approximate surface area is 154 Å². The van der Waals surface area contributed by atoms with Gasteiger partial charge in [-0.3, -0.25) is 0 Å². The maximum absolute atomic E-state index is 13.1. The summed E-state index contributed by atoms with van der Waals surface area (Å²) in [5, 5.41) is 9.23. The third-order valence-electron chi connectivity index (χ3n) is 3.62. The molecule has 0 saturated heterocycles. The first-order chi connectivity index (χ1) is 12.9. The number of nitrogens with two attached hydrogens (primary N) is 1. The molecule has 0 fully saturated rings. The Hall–Kier alpha value is -3.28. The van der Waals surface area contributed by atoms with Crippen molar-refractivity contribution >= 4 is 32.7 Å². The standard InChI is InChI=1S/C16H9F4NO6S/c17-8-3-1-7(2-4-8)14-13(15(22)23)9-5-12(10(21)6-11(9)26-14)27-28(24,25)16(18,19)20/h1-6H,21H2,(H,22,23). The van der Waals surface area contributed by atoms with Gasteiger partial charge >= 0.3 is 21.6 Å². The van der Waals surface area contributed by atoms with Crippen LogP contribution in [0.1, 0.15) is 10.4 Å². The van der Waals surface area contributed by atoms with Gasteiger partial charge in [0, 0.05) is 17.0 Å². The Kier molecular flexibility index (Phi) is 4.46. The molecule has 3 rings (SSSR count). The van der Waals surface area contributed by atoms with Gasteiger partial charge in [-0.1, -0.05) is 0 Å². The van der Waals surface area contributed by atoms with Crippen molar-refractivity contribution in [3.8, 4) is 17.1 Å². The maximum atomic E-state index is 13.1. The molecule has 0 atom stereocenters. The number of aromatic carboxylic acids is 1. The van der Waals surface area contributed by atoms with Crippen molar-refractivity contribution in [2.45, 2.75) is 5.51 Å². The van der Waals surface area contributed by atoms with Crippen molar-refractivity contribution in [2.24, 2.45) is 0 Å². The third kappa shape index (κ3) is 3.33. The number of carboxylic acids is 1. The molecular weight excluding hydrogens is 410 g/mol. The Bertz CT molecular complexity index is 1180. The number of hydrogen-bond donors (Lipinski definition) is 2. The largest absolute Gasteiger partial charge is 0.534 e. The Morgan fingerprint density at radius 3 is 2.29 bits per heavy atom. The molecule has 0 radical (unpaired) electrons. The van der Waals surface area contributed by atoms with Crippen LogP contribution in [0.2, 0.25) is 0 Å². The molecule has 1 aromatic heterocycles. The van der Waals surface area contributed by atoms with Gasteiger partial charge in [-0.2, -0.15) is 21.6 Å². The molecule has 12 heteroatoms. The lowest BCUT2D eigenvalue weighted by atomic mass is 10.1. The molecule has 1 heterocycles. The number of alkyl halides is 3. The van der Waals surface area contributed by atoms with E-state index in [0.29, 0.717) is 6.07 Å². The predicted octanol–water partition coefficient (Wildman–Crippen LogP) is 3.75. The molecule has 3 aromatic rings. The van der Waals surface area contributed by atoms with E-state index >= 15 is 0 Å². The number of carboxylic acid groups (broad SMARTS) is 1. The number of rotatable bonds is 4. The van der Waals surface area contributed by atoms with Crippen molar-refractivity contribution < 1.29 is 44.5 Å². The number of anilines is 1. The van der Waals surface area contributed by atoms with Crippen LogP contribution in [0.3, 0.4) is 0 Å². The smallest absolute Gasteiger partial charge is 0.478 e. The van der Waals surface area contributed by atoms with E-state index in [9.17, 15) is 35.9 Å². The zero-order valence-electron chi connectivity index (χ0n) is 13.5. The number of halogens is 4. The molecule has 0 saturated carbocycles. The molecule has 0 aliphatic rings. The average Bonchev–Trinajstić information content (AvgIpc) is 2.93. The van der Waals surface area contributed by atoms with E-state index in [1.165, 1.54) is 12.1 Å². The van der Waals surface area contributed by atoms with Gasteiger partial charge in [-0.25, -0.2) is 9.18 Å². The van der Waals surface area contributed by atoms with Crippen molar-refractivity contribution in [1.82, 2.24) is 0 Å². The Balaban J connectivity index is 2.22. The molecule has 7 nitrogen and oxygen atoms in total. The monoisotopic (exact) mass is 419 g/mol. The van der Waals surface area contributed by atoms with E-state index in [0.717, 1.165) is 18.2 Å². The lowest BCUT2D eigenvalue weighted by Gasteiger charge is -2.11. The van der Waals surface area contributed by atoms with Gasteiger partial charge in [0.2, 0.25) is 0 Å². The van der Waals surface area contributed by atoms with Crippen LogP contribution < -0.4 is 9.92 Å². The van der Waals surface area contributed by atoms with Crippen LogP contribution in [-0.4, -0.2) is 25.0 Å². The van der Waals surface area contributed by atoms with E-state index < -0.39 is 44.4 Å². The van der Waals surface area contributed by atoms with Crippen molar-refractivity contribution in [3.63, 3.8) is 0 Å². The van der Waals surface area contributed by atoms with Gasteiger partial charge in [-0.05, 0) is 30.3 Å². The average molecular weight is 419 g/mol. The van der Waals surface area contributed by atoms with Gasteiger partial charge in [-0.15, -0.1) is 0 Å². The minimum atomic E-state index is -6.02. The number of fused-ring (bicyclic) bond motifs is 1. The first-order valence-corrected chi connectivity index (χ1v) is 8.67. The maximum Gasteiger partial charge on any atom is 0.534 e. The van der Waals surface area contributed by atoms with Crippen LogP contribution in [-0.2, 0) is 10.1 Å². The molecule has 2 aromatic carbocycles. The van der Waals surface area contributed by atoms with Crippen molar-refractivity contribution in [3.05, 3.63) is 47.8 Å². The highest BCUT2D eigenvalue weighted by atomic mass is 32.2. The van der Waals surface area contributed by atoms with Crippen LogP contribution in [0.25, 0.3) is 22.3 Å². The first kappa shape index (κ1) is 19.5. The fourth-order valence-electron chi connectivity index (χ4n) is 2.39. The summed E-state index contributed by atoms with van der Waals surface area (Å²) in [5.74, 6) is -3.25. The zero-order chi connectivity index (χ0) is 20.9. The lowest BCUT2D eigenvalue weighted by Crippen LogP contribution is -2.28. The fourth-order valence-corrected chi connectivity index (χ4v) is 2.87. The van der Waals surface area contributed by atoms with E-state index in [2.05, 4.69) is 4.18 Å². The highest BCUT2D eigenvalue weighted by molar-refractivity contribution is 7.88. The first-order valence-electron chi connectivity index (χ1n) is 7.26. The van der Waals surface area contributed by atoms with Crippen LogP contribution in [0.5, 0.6) is 5.75 Å². The number of hydrogen-bond acceptors (Lipinski definition) is 6. The molecular formula is C16H9F4NO6S. The second kappa shape index (κ2) is 6.41. The number of furan rings is 1. The number of carbonyl (C=O) groups is 1. The molecule has 0 unspecified atom stereocenters. The minimum absolute atomic E-state index is 0.147. The SMILES string of the molecule is Nc1cc2oc(-c3ccc(F)cc3)c(C(=O)O)c2cc1OS(=O)(=O)C(F)(F)F. The lowest BCUT2D eigenvalue weighted by molar-refractivity contribution is -0.0499. The van der Waals surface area contributed by atoms with E-state index in [4.69, 9.17) is 10.2 Å². The van der Waals surface area contributed by atoms with Gasteiger partial charge in [0.15, 0.2) is 5.75 Å². The molecule has 3 N–H and O–H groups in total. The second-order valence-electron chi connectivity index (χ2n) is 5.49. The quantitative estimate of drug-likeness (QED) is 0.286. The minimum Gasteiger partial charge on any atom is -0.478 e. The Morgan fingerprint density at radius 2 is 1.75 bits per heavy atom. The summed E-state index contributed by atoms with van der Waals surface area (Å²) in [7, 11) is -6.02. The summed E-state index contributed by atoms with van der Waals surface area (Å²) in [6.07, 6.45) is 0.